The molecule has 0 aromatic carbocycles. The predicted octanol–water partition coefficient (Wildman–Crippen LogP) is 1.61. The van der Waals surface area contributed by atoms with E-state index in [1.807, 2.05) is 5.32 Å². The van der Waals surface area contributed by atoms with Gasteiger partial charge in [-0.15, -0.1) is 0 Å². The lowest BCUT2D eigenvalue weighted by molar-refractivity contribution is -0.137. The Balaban J connectivity index is 2.05. The van der Waals surface area contributed by atoms with Gasteiger partial charge in [-0.2, -0.15) is 17.5 Å². The van der Waals surface area contributed by atoms with Crippen LogP contribution in [-0.4, -0.2) is 53.7 Å². The summed E-state index contributed by atoms with van der Waals surface area (Å²) in [7, 11) is -4.34. The van der Waals surface area contributed by atoms with Gasteiger partial charge in [-0.3, -0.25) is 10.1 Å². The summed E-state index contributed by atoms with van der Waals surface area (Å²) < 4.78 is 72.4. The quantitative estimate of drug-likeness (QED) is 0.636. The lowest BCUT2D eigenvalue weighted by Gasteiger charge is -2.40. The molecule has 0 radical (unpaired) electrons. The summed E-state index contributed by atoms with van der Waals surface area (Å²) >= 11 is 0. The molecule has 1 unspecified atom stereocenters. The third kappa shape index (κ3) is 3.95. The van der Waals surface area contributed by atoms with Gasteiger partial charge in [-0.25, -0.2) is 18.2 Å². The molecule has 1 aromatic heterocycles. The number of nitrogens with one attached hydrogen (secondary N) is 2. The molecular weight excluding hydrogens is 429 g/mol. The van der Waals surface area contributed by atoms with E-state index in [1.54, 1.807) is 0 Å². The van der Waals surface area contributed by atoms with Crippen LogP contribution >= 0.6 is 0 Å². The van der Waals surface area contributed by atoms with E-state index in [2.05, 4.69) is 10.3 Å². The smallest absolute Gasteiger partial charge is 0.417 e. The first-order valence-corrected chi connectivity index (χ1v) is 10.8. The molecule has 9 nitrogen and oxygen atoms in total. The Morgan fingerprint density at radius 1 is 1.20 bits per heavy atom. The van der Waals surface area contributed by atoms with Crippen molar-refractivity contribution in [2.45, 2.75) is 49.8 Å². The van der Waals surface area contributed by atoms with Crippen molar-refractivity contribution in [3.63, 3.8) is 0 Å². The number of amides is 3. The molecule has 3 rings (SSSR count). The number of carbonyl (C=O) groups excluding carboxylic acids is 2. The summed E-state index contributed by atoms with van der Waals surface area (Å²) in [6.45, 7) is 1.86. The van der Waals surface area contributed by atoms with E-state index in [0.717, 1.165) is 12.5 Å². The fourth-order valence-corrected chi connectivity index (χ4v) is 5.75. The van der Waals surface area contributed by atoms with E-state index < -0.39 is 50.6 Å². The van der Waals surface area contributed by atoms with Crippen molar-refractivity contribution >= 4 is 22.0 Å². The third-order valence-corrected chi connectivity index (χ3v) is 7.67. The first-order chi connectivity index (χ1) is 14.0. The van der Waals surface area contributed by atoms with Gasteiger partial charge in [0.25, 0.3) is 20.9 Å². The van der Waals surface area contributed by atoms with Gasteiger partial charge in [-0.1, -0.05) is 13.3 Å². The number of halogens is 3. The Morgan fingerprint density at radius 2 is 1.87 bits per heavy atom. The number of rotatable bonds is 6. The fraction of sp³-hybridized carbons (Fsp3) is 0.588. The van der Waals surface area contributed by atoms with Crippen LogP contribution in [0.25, 0.3) is 0 Å². The maximum Gasteiger partial charge on any atom is 0.417 e. The van der Waals surface area contributed by atoms with Crippen LogP contribution in [-0.2, 0) is 21.0 Å². The van der Waals surface area contributed by atoms with Crippen LogP contribution in [0.2, 0.25) is 0 Å². The van der Waals surface area contributed by atoms with E-state index in [1.165, 1.54) is 11.2 Å². The molecule has 13 heteroatoms. The van der Waals surface area contributed by atoms with Crippen LogP contribution < -0.4 is 15.4 Å². The molecule has 30 heavy (non-hydrogen) atoms. The minimum atomic E-state index is -4.63. The Kier molecular flexibility index (Phi) is 5.96. The number of piperidine rings is 1. The zero-order chi connectivity index (χ0) is 22.2. The van der Waals surface area contributed by atoms with Crippen molar-refractivity contribution in [3.05, 3.63) is 23.9 Å². The van der Waals surface area contributed by atoms with E-state index in [9.17, 15) is 31.2 Å². The van der Waals surface area contributed by atoms with Crippen LogP contribution in [0.15, 0.2) is 18.3 Å². The van der Waals surface area contributed by atoms with Gasteiger partial charge in [0, 0.05) is 31.8 Å². The predicted molar refractivity (Wildman–Crippen MR) is 97.7 cm³/mol. The average Bonchev–Trinajstić information content (AvgIpc) is 3.04. The van der Waals surface area contributed by atoms with Crippen LogP contribution in [0.3, 0.4) is 0 Å². The number of hydrogen-bond acceptors (Lipinski definition) is 6. The molecule has 0 saturated carbocycles. The number of aromatic nitrogens is 1. The van der Waals surface area contributed by atoms with Gasteiger partial charge in [-0.05, 0) is 18.9 Å². The second-order valence-corrected chi connectivity index (χ2v) is 9.17. The van der Waals surface area contributed by atoms with Crippen molar-refractivity contribution < 1.29 is 35.9 Å². The van der Waals surface area contributed by atoms with E-state index in [4.69, 9.17) is 4.74 Å². The third-order valence-electron chi connectivity index (χ3n) is 5.14. The number of nitrogens with zero attached hydrogens (tertiary/aromatic N) is 2. The van der Waals surface area contributed by atoms with Gasteiger partial charge in [0.2, 0.25) is 5.88 Å². The second kappa shape index (κ2) is 8.02. The second-order valence-electron chi connectivity index (χ2n) is 7.01. The molecule has 2 aliphatic rings. The topological polar surface area (TPSA) is 118 Å². The van der Waals surface area contributed by atoms with E-state index in [0.29, 0.717) is 25.1 Å². The molecule has 3 heterocycles. The normalized spacial score (nSPS) is 22.9. The molecule has 2 atom stereocenters. The highest BCUT2D eigenvalue weighted by atomic mass is 32.2. The summed E-state index contributed by atoms with van der Waals surface area (Å²) in [6.07, 6.45) is -2.33. The SMILES string of the molecule is CCC(Oc1ccc(C(F)(F)F)cn1)([C@H]1NC(=O)NC1=O)S(=O)(=O)N1CCCCC1. The molecule has 0 bridgehead atoms. The van der Waals surface area contributed by atoms with Crippen LogP contribution in [0.1, 0.15) is 38.2 Å². The van der Waals surface area contributed by atoms with Gasteiger partial charge in [0.05, 0.1) is 5.56 Å². The van der Waals surface area contributed by atoms with Gasteiger partial charge in [0.15, 0.2) is 6.04 Å². The monoisotopic (exact) mass is 450 g/mol. The molecule has 2 saturated heterocycles. The molecular formula is C17H21F3N4O5S. The Hall–Kier alpha value is -2.41. The Morgan fingerprint density at radius 3 is 2.33 bits per heavy atom. The lowest BCUT2D eigenvalue weighted by Crippen LogP contribution is -2.64. The molecule has 1 aromatic rings. The summed E-state index contributed by atoms with van der Waals surface area (Å²) in [6, 6.07) is -0.913. The zero-order valence-electron chi connectivity index (χ0n) is 16.0. The van der Waals surface area contributed by atoms with Crippen LogP contribution in [0.5, 0.6) is 5.88 Å². The van der Waals surface area contributed by atoms with Crippen molar-refractivity contribution in [2.75, 3.05) is 13.1 Å². The Bertz CT molecular complexity index is 916. The number of imide groups is 1. The highest BCUT2D eigenvalue weighted by Crippen LogP contribution is 2.36. The summed E-state index contributed by atoms with van der Waals surface area (Å²) in [5, 5.41) is 4.23. The molecule has 2 aliphatic heterocycles. The molecule has 166 valence electrons. The number of sulfonamides is 1. The fourth-order valence-electron chi connectivity index (χ4n) is 3.55. The van der Waals surface area contributed by atoms with Gasteiger partial charge >= 0.3 is 12.2 Å². The molecule has 2 fully saturated rings. The standard InChI is InChI=1S/C17H21F3N4O5S/c1-2-16(13-14(25)23-15(26)22-13,30(27,28)24-8-4-3-5-9-24)29-12-7-6-11(10-21-12)17(18,19)20/h6-7,10,13H,2-5,8-9H2,1H3,(H2,22,23,25,26)/t13-,16?/m0/s1. The van der Waals surface area contributed by atoms with Crippen molar-refractivity contribution in [1.82, 2.24) is 19.9 Å². The van der Waals surface area contributed by atoms with Crippen molar-refractivity contribution in [2.24, 2.45) is 0 Å². The highest BCUT2D eigenvalue weighted by Gasteiger charge is 2.60. The zero-order valence-corrected chi connectivity index (χ0v) is 16.8. The maximum atomic E-state index is 13.6. The maximum absolute atomic E-state index is 13.6. The van der Waals surface area contributed by atoms with Gasteiger partial charge in [0.1, 0.15) is 0 Å². The molecule has 2 N–H and O–H groups in total. The van der Waals surface area contributed by atoms with Crippen molar-refractivity contribution in [3.8, 4) is 5.88 Å². The largest absolute Gasteiger partial charge is 0.450 e. The van der Waals surface area contributed by atoms with Crippen LogP contribution in [0, 0.1) is 0 Å². The average molecular weight is 450 g/mol. The number of urea groups is 1. The summed E-state index contributed by atoms with van der Waals surface area (Å²) in [5.74, 6) is -1.33. The summed E-state index contributed by atoms with van der Waals surface area (Å²) in [5.41, 5.74) is -1.04. The minimum absolute atomic E-state index is 0.205. The lowest BCUT2D eigenvalue weighted by atomic mass is 10.1. The number of pyridine rings is 1. The number of ether oxygens (including phenoxy) is 1. The van der Waals surface area contributed by atoms with E-state index >= 15 is 0 Å². The number of hydrogen-bond donors (Lipinski definition) is 2. The molecule has 3 amide bonds. The van der Waals surface area contributed by atoms with Crippen molar-refractivity contribution in [1.29, 1.82) is 0 Å². The molecule has 0 spiro atoms. The van der Waals surface area contributed by atoms with Crippen LogP contribution in [0.4, 0.5) is 18.0 Å². The Labute approximate surface area is 171 Å². The number of alkyl halides is 3. The van der Waals surface area contributed by atoms with Gasteiger partial charge < -0.3 is 10.1 Å². The minimum Gasteiger partial charge on any atom is -0.450 e. The molecule has 0 aliphatic carbocycles. The summed E-state index contributed by atoms with van der Waals surface area (Å²) in [4.78, 5) is 25.4. The van der Waals surface area contributed by atoms with E-state index in [-0.39, 0.29) is 19.5 Å². The highest BCUT2D eigenvalue weighted by molar-refractivity contribution is 7.90. The first-order valence-electron chi connectivity index (χ1n) is 9.34. The first kappa shape index (κ1) is 22.3. The number of carbonyl (C=O) groups is 2.